The van der Waals surface area contributed by atoms with Crippen molar-refractivity contribution in [2.24, 2.45) is 0 Å². The van der Waals surface area contributed by atoms with Gasteiger partial charge in [-0.1, -0.05) is 11.6 Å². The molecule has 8 heteroatoms. The molecule has 0 radical (unpaired) electrons. The number of halogens is 2. The molecule has 5 nitrogen and oxygen atoms in total. The maximum atomic E-state index is 5.84. The number of thiocarbonyl (C=S) groups is 1. The van der Waals surface area contributed by atoms with Gasteiger partial charge in [0.25, 0.3) is 0 Å². The van der Waals surface area contributed by atoms with Gasteiger partial charge in [0.15, 0.2) is 5.11 Å². The molecule has 2 heterocycles. The van der Waals surface area contributed by atoms with Gasteiger partial charge in [-0.3, -0.25) is 4.90 Å². The van der Waals surface area contributed by atoms with E-state index in [1.54, 1.807) is 12.3 Å². The number of nitrogens with zero attached hydrogens (tertiary/aromatic N) is 2. The van der Waals surface area contributed by atoms with Crippen LogP contribution in [0, 0.1) is 0 Å². The van der Waals surface area contributed by atoms with Crippen LogP contribution < -0.4 is 10.6 Å². The minimum Gasteiger partial charge on any atom is -0.379 e. The fraction of sp³-hybridized carbons (Fsp3) is 0.500. The van der Waals surface area contributed by atoms with Gasteiger partial charge in [0.2, 0.25) is 0 Å². The molecule has 0 saturated carbocycles. The Morgan fingerprint density at radius 3 is 2.95 bits per heavy atom. The van der Waals surface area contributed by atoms with E-state index in [9.17, 15) is 0 Å². The third-order valence-electron chi connectivity index (χ3n) is 2.86. The monoisotopic (exact) mass is 378 g/mol. The zero-order valence-corrected chi connectivity index (χ0v) is 14.0. The van der Waals surface area contributed by atoms with E-state index in [0.29, 0.717) is 16.0 Å². The Bertz CT molecular complexity index is 471. The fourth-order valence-electron chi connectivity index (χ4n) is 1.81. The molecule has 20 heavy (non-hydrogen) atoms. The first-order valence-corrected chi connectivity index (χ1v) is 7.89. The zero-order valence-electron chi connectivity index (χ0n) is 10.9. The van der Waals surface area contributed by atoms with Crippen molar-refractivity contribution in [3.05, 3.63) is 21.8 Å². The second-order valence-electron chi connectivity index (χ2n) is 4.32. The highest BCUT2D eigenvalue weighted by Crippen LogP contribution is 2.22. The number of rotatable bonds is 4. The van der Waals surface area contributed by atoms with Crippen LogP contribution in [0.25, 0.3) is 0 Å². The van der Waals surface area contributed by atoms with Gasteiger partial charge in [0.05, 0.1) is 22.7 Å². The second kappa shape index (κ2) is 8.09. The van der Waals surface area contributed by atoms with Crippen molar-refractivity contribution in [2.45, 2.75) is 0 Å². The Balaban J connectivity index is 1.72. The van der Waals surface area contributed by atoms with Gasteiger partial charge < -0.3 is 15.4 Å². The number of ether oxygens (including phenoxy) is 1. The van der Waals surface area contributed by atoms with Crippen molar-refractivity contribution in [1.82, 2.24) is 15.2 Å². The Morgan fingerprint density at radius 2 is 2.25 bits per heavy atom. The second-order valence-corrected chi connectivity index (χ2v) is 6.02. The number of nitrogens with one attached hydrogen (secondary N) is 2. The van der Waals surface area contributed by atoms with Crippen molar-refractivity contribution >= 4 is 50.7 Å². The number of aromatic nitrogens is 1. The molecule has 0 unspecified atom stereocenters. The van der Waals surface area contributed by atoms with E-state index in [2.05, 4.69) is 36.4 Å². The van der Waals surface area contributed by atoms with Crippen LogP contribution in [0.15, 0.2) is 16.7 Å². The quantitative estimate of drug-likeness (QED) is 0.782. The molecule has 1 aliphatic rings. The first-order chi connectivity index (χ1) is 9.65. The maximum Gasteiger partial charge on any atom is 0.172 e. The lowest BCUT2D eigenvalue weighted by molar-refractivity contribution is 0.0389. The molecule has 1 aromatic rings. The van der Waals surface area contributed by atoms with Gasteiger partial charge in [-0.15, -0.1) is 0 Å². The summed E-state index contributed by atoms with van der Waals surface area (Å²) in [4.78, 5) is 6.51. The molecular weight excluding hydrogens is 364 g/mol. The van der Waals surface area contributed by atoms with Crippen molar-refractivity contribution < 1.29 is 4.74 Å². The van der Waals surface area contributed by atoms with Crippen LogP contribution in [-0.2, 0) is 4.74 Å². The van der Waals surface area contributed by atoms with E-state index in [1.165, 1.54) is 0 Å². The molecule has 0 aromatic carbocycles. The van der Waals surface area contributed by atoms with Crippen molar-refractivity contribution in [1.29, 1.82) is 0 Å². The number of hydrogen-bond donors (Lipinski definition) is 2. The summed E-state index contributed by atoms with van der Waals surface area (Å²) in [5.74, 6) is 0.651. The van der Waals surface area contributed by atoms with E-state index in [1.807, 2.05) is 0 Å². The van der Waals surface area contributed by atoms with Gasteiger partial charge in [-0.05, 0) is 34.2 Å². The predicted molar refractivity (Wildman–Crippen MR) is 88.4 cm³/mol. The standard InChI is InChI=1S/C12H16BrClN4OS/c13-10-7-9(14)8-16-11(10)17-12(20)15-1-2-18-3-5-19-6-4-18/h7-8H,1-6H2,(H2,15,16,17,20). The largest absolute Gasteiger partial charge is 0.379 e. The summed E-state index contributed by atoms with van der Waals surface area (Å²) in [6, 6.07) is 1.77. The molecule has 0 aliphatic carbocycles. The lowest BCUT2D eigenvalue weighted by Gasteiger charge is -2.26. The lowest BCUT2D eigenvalue weighted by Crippen LogP contribution is -2.42. The summed E-state index contributed by atoms with van der Waals surface area (Å²) in [5, 5.41) is 7.33. The molecule has 0 bridgehead atoms. The molecule has 0 spiro atoms. The van der Waals surface area contributed by atoms with Crippen LogP contribution in [0.1, 0.15) is 0 Å². The van der Waals surface area contributed by atoms with Crippen LogP contribution in [0.5, 0.6) is 0 Å². The van der Waals surface area contributed by atoms with E-state index >= 15 is 0 Å². The summed E-state index contributed by atoms with van der Waals surface area (Å²) in [6.07, 6.45) is 1.57. The SMILES string of the molecule is S=C(NCCN1CCOCC1)Nc1ncc(Cl)cc1Br. The lowest BCUT2D eigenvalue weighted by atomic mass is 10.4. The minimum atomic E-state index is 0.550. The summed E-state index contributed by atoms with van der Waals surface area (Å²) >= 11 is 14.5. The first kappa shape index (κ1) is 15.9. The summed E-state index contributed by atoms with van der Waals surface area (Å²) < 4.78 is 6.08. The molecule has 0 atom stereocenters. The van der Waals surface area contributed by atoms with Crippen LogP contribution >= 0.6 is 39.7 Å². The van der Waals surface area contributed by atoms with E-state index in [0.717, 1.165) is 43.9 Å². The molecule has 1 aromatic heterocycles. The van der Waals surface area contributed by atoms with Crippen LogP contribution in [0.2, 0.25) is 5.02 Å². The van der Waals surface area contributed by atoms with Crippen molar-refractivity contribution in [3.8, 4) is 0 Å². The molecule has 1 fully saturated rings. The Kier molecular flexibility index (Phi) is 6.44. The molecule has 110 valence electrons. The Morgan fingerprint density at radius 1 is 1.50 bits per heavy atom. The number of hydrogen-bond acceptors (Lipinski definition) is 4. The minimum absolute atomic E-state index is 0.550. The molecule has 1 saturated heterocycles. The first-order valence-electron chi connectivity index (χ1n) is 6.31. The van der Waals surface area contributed by atoms with E-state index in [4.69, 9.17) is 28.6 Å². The average Bonchev–Trinajstić information content (AvgIpc) is 2.43. The smallest absolute Gasteiger partial charge is 0.172 e. The number of anilines is 1. The number of morpholine rings is 1. The topological polar surface area (TPSA) is 49.4 Å². The number of pyridine rings is 1. The predicted octanol–water partition coefficient (Wildman–Crippen LogP) is 2.12. The molecule has 2 rings (SSSR count). The third kappa shape index (κ3) is 5.14. The highest BCUT2D eigenvalue weighted by molar-refractivity contribution is 9.10. The summed E-state index contributed by atoms with van der Waals surface area (Å²) in [5.41, 5.74) is 0. The van der Waals surface area contributed by atoms with Crippen molar-refractivity contribution in [3.63, 3.8) is 0 Å². The van der Waals surface area contributed by atoms with Crippen LogP contribution in [0.4, 0.5) is 5.82 Å². The van der Waals surface area contributed by atoms with Gasteiger partial charge in [0, 0.05) is 32.4 Å². The normalized spacial score (nSPS) is 15.9. The molecule has 0 amide bonds. The highest BCUT2D eigenvalue weighted by Gasteiger charge is 2.10. The zero-order chi connectivity index (χ0) is 14.4. The maximum absolute atomic E-state index is 5.84. The molecular formula is C12H16BrClN4OS. The van der Waals surface area contributed by atoms with Crippen molar-refractivity contribution in [2.75, 3.05) is 44.7 Å². The summed E-state index contributed by atoms with van der Waals surface area (Å²) in [6.45, 7) is 5.31. The fourth-order valence-corrected chi connectivity index (χ4v) is 2.75. The van der Waals surface area contributed by atoms with Crippen LogP contribution in [0.3, 0.4) is 0 Å². The molecule has 1 aliphatic heterocycles. The van der Waals surface area contributed by atoms with E-state index < -0.39 is 0 Å². The van der Waals surface area contributed by atoms with Gasteiger partial charge >= 0.3 is 0 Å². The highest BCUT2D eigenvalue weighted by atomic mass is 79.9. The van der Waals surface area contributed by atoms with Gasteiger partial charge in [-0.25, -0.2) is 4.98 Å². The molecule has 2 N–H and O–H groups in total. The van der Waals surface area contributed by atoms with Crippen LogP contribution in [-0.4, -0.2) is 54.4 Å². The average molecular weight is 380 g/mol. The van der Waals surface area contributed by atoms with Gasteiger partial charge in [-0.2, -0.15) is 0 Å². The Hall–Kier alpha value is -0.470. The third-order valence-corrected chi connectivity index (χ3v) is 3.91. The van der Waals surface area contributed by atoms with Gasteiger partial charge in [0.1, 0.15) is 5.82 Å². The Labute approximate surface area is 137 Å². The van der Waals surface area contributed by atoms with E-state index in [-0.39, 0.29) is 0 Å². The summed E-state index contributed by atoms with van der Waals surface area (Å²) in [7, 11) is 0.